The molecule has 10 aromatic rings. The third kappa shape index (κ3) is 3.95. The zero-order chi connectivity index (χ0) is 30.9. The summed E-state index contributed by atoms with van der Waals surface area (Å²) in [4.78, 5) is 25.0. The fourth-order valence-electron chi connectivity index (χ4n) is 6.90. The van der Waals surface area contributed by atoms with Gasteiger partial charge in [0.15, 0.2) is 0 Å². The molecule has 5 aromatic carbocycles. The Morgan fingerprint density at radius 3 is 2.06 bits per heavy atom. The first-order chi connectivity index (χ1) is 23.3. The molecule has 0 N–H and O–H groups in total. The molecule has 47 heavy (non-hydrogen) atoms. The van der Waals surface area contributed by atoms with Crippen molar-refractivity contribution in [3.05, 3.63) is 146 Å². The summed E-state index contributed by atoms with van der Waals surface area (Å²) in [6, 6.07) is 43.8. The molecule has 6 nitrogen and oxygen atoms in total. The highest BCUT2D eigenvalue weighted by Crippen LogP contribution is 2.40. The minimum absolute atomic E-state index is 0.752. The van der Waals surface area contributed by atoms with E-state index in [0.717, 1.165) is 93.9 Å². The van der Waals surface area contributed by atoms with E-state index in [0.29, 0.717) is 0 Å². The molecule has 218 valence electrons. The third-order valence-corrected chi connectivity index (χ3v) is 9.07. The van der Waals surface area contributed by atoms with Gasteiger partial charge in [0.05, 0.1) is 39.1 Å². The van der Waals surface area contributed by atoms with Crippen molar-refractivity contribution in [2.24, 2.45) is 0 Å². The van der Waals surface area contributed by atoms with Crippen LogP contribution in [0.15, 0.2) is 146 Å². The van der Waals surface area contributed by atoms with Gasteiger partial charge in [-0.25, -0.2) is 15.0 Å². The predicted octanol–water partition coefficient (Wildman–Crippen LogP) is 9.68. The fourth-order valence-corrected chi connectivity index (χ4v) is 6.90. The molecular formula is C41H24N6. The van der Waals surface area contributed by atoms with Crippen molar-refractivity contribution in [1.82, 2.24) is 29.3 Å². The molecule has 0 atom stereocenters. The van der Waals surface area contributed by atoms with Crippen molar-refractivity contribution < 1.29 is 0 Å². The summed E-state index contributed by atoms with van der Waals surface area (Å²) in [6.07, 6.45) is 5.73. The van der Waals surface area contributed by atoms with E-state index in [4.69, 9.17) is 19.9 Å². The van der Waals surface area contributed by atoms with Gasteiger partial charge < -0.3 is 0 Å². The molecule has 0 fully saturated rings. The van der Waals surface area contributed by atoms with Crippen molar-refractivity contribution in [2.75, 3.05) is 0 Å². The molecule has 0 unspecified atom stereocenters. The zero-order valence-electron chi connectivity index (χ0n) is 25.0. The molecule has 5 heterocycles. The van der Waals surface area contributed by atoms with Gasteiger partial charge in [0.25, 0.3) is 0 Å². The number of rotatable bonds is 3. The average Bonchev–Trinajstić information content (AvgIpc) is 3.55. The zero-order valence-corrected chi connectivity index (χ0v) is 25.0. The Morgan fingerprint density at radius 1 is 0.447 bits per heavy atom. The van der Waals surface area contributed by atoms with Crippen molar-refractivity contribution in [1.29, 1.82) is 0 Å². The summed E-state index contributed by atoms with van der Waals surface area (Å²) in [6.45, 7) is 0. The normalized spacial score (nSPS) is 11.8. The van der Waals surface area contributed by atoms with Crippen molar-refractivity contribution in [2.45, 2.75) is 0 Å². The van der Waals surface area contributed by atoms with Gasteiger partial charge in [-0.2, -0.15) is 0 Å². The van der Waals surface area contributed by atoms with Gasteiger partial charge in [0.1, 0.15) is 11.3 Å². The lowest BCUT2D eigenvalue weighted by Gasteiger charge is -2.14. The minimum atomic E-state index is 0.752. The number of pyridine rings is 3. The highest BCUT2D eigenvalue weighted by atomic mass is 15.0. The Morgan fingerprint density at radius 2 is 1.19 bits per heavy atom. The van der Waals surface area contributed by atoms with Crippen LogP contribution in [0.25, 0.3) is 93.9 Å². The van der Waals surface area contributed by atoms with Crippen LogP contribution in [0.4, 0.5) is 0 Å². The quantitative estimate of drug-likeness (QED) is 0.189. The van der Waals surface area contributed by atoms with Gasteiger partial charge in [-0.1, -0.05) is 72.8 Å². The number of hydrogen-bond donors (Lipinski definition) is 0. The summed E-state index contributed by atoms with van der Waals surface area (Å²) < 4.78 is 2.19. The Labute approximate surface area is 268 Å². The molecule has 10 rings (SSSR count). The lowest BCUT2D eigenvalue weighted by molar-refractivity contribution is 1.23. The second-order valence-electron chi connectivity index (χ2n) is 11.8. The van der Waals surface area contributed by atoms with E-state index < -0.39 is 0 Å². The van der Waals surface area contributed by atoms with Crippen LogP contribution in [-0.2, 0) is 0 Å². The van der Waals surface area contributed by atoms with Gasteiger partial charge in [-0.3, -0.25) is 14.4 Å². The molecule has 0 spiro atoms. The first-order valence-corrected chi connectivity index (χ1v) is 15.6. The van der Waals surface area contributed by atoms with Crippen molar-refractivity contribution in [3.8, 4) is 33.9 Å². The van der Waals surface area contributed by atoms with Gasteiger partial charge in [0.2, 0.25) is 0 Å². The molecular weight excluding hydrogens is 576 g/mol. The topological polar surface area (TPSA) is 68.9 Å². The Bertz CT molecular complexity index is 2840. The largest absolute Gasteiger partial charge is 0.299 e. The molecule has 0 aliphatic carbocycles. The van der Waals surface area contributed by atoms with Gasteiger partial charge in [0, 0.05) is 45.9 Å². The lowest BCUT2D eigenvalue weighted by atomic mass is 9.94. The Kier molecular flexibility index (Phi) is 5.48. The highest BCUT2D eigenvalue weighted by Gasteiger charge is 2.19. The van der Waals surface area contributed by atoms with E-state index in [9.17, 15) is 0 Å². The van der Waals surface area contributed by atoms with Crippen molar-refractivity contribution >= 4 is 60.0 Å². The average molecular weight is 601 g/mol. The smallest absolute Gasteiger partial charge is 0.137 e. The van der Waals surface area contributed by atoms with Crippen LogP contribution in [0.1, 0.15) is 0 Å². The summed E-state index contributed by atoms with van der Waals surface area (Å²) in [5.41, 5.74) is 9.97. The van der Waals surface area contributed by atoms with Crippen LogP contribution in [0.3, 0.4) is 0 Å². The van der Waals surface area contributed by atoms with Crippen LogP contribution in [0.5, 0.6) is 0 Å². The molecule has 6 heteroatoms. The molecule has 0 aliphatic rings. The second-order valence-corrected chi connectivity index (χ2v) is 11.8. The van der Waals surface area contributed by atoms with Gasteiger partial charge in [-0.15, -0.1) is 0 Å². The third-order valence-electron chi connectivity index (χ3n) is 9.07. The van der Waals surface area contributed by atoms with Crippen LogP contribution in [0.2, 0.25) is 0 Å². The van der Waals surface area contributed by atoms with E-state index in [-0.39, 0.29) is 0 Å². The summed E-state index contributed by atoms with van der Waals surface area (Å²) >= 11 is 0. The van der Waals surface area contributed by atoms with E-state index in [1.54, 1.807) is 6.20 Å². The molecule has 0 amide bonds. The highest BCUT2D eigenvalue weighted by molar-refractivity contribution is 6.25. The number of aromatic nitrogens is 6. The second kappa shape index (κ2) is 9.99. The predicted molar refractivity (Wildman–Crippen MR) is 190 cm³/mol. The maximum absolute atomic E-state index is 5.37. The minimum Gasteiger partial charge on any atom is -0.299 e. The Balaban J connectivity index is 1.33. The number of fused-ring (bicyclic) bond motifs is 11. The molecule has 0 aliphatic heterocycles. The van der Waals surface area contributed by atoms with E-state index in [1.165, 1.54) is 0 Å². The van der Waals surface area contributed by atoms with Crippen LogP contribution in [0, 0.1) is 0 Å². The fraction of sp³-hybridized carbons (Fsp3) is 0. The van der Waals surface area contributed by atoms with E-state index in [1.807, 2.05) is 48.7 Å². The van der Waals surface area contributed by atoms with Crippen LogP contribution in [-0.4, -0.2) is 29.3 Å². The van der Waals surface area contributed by atoms with Gasteiger partial charge in [-0.05, 0) is 70.8 Å². The standard InChI is InChI=1S/C41H24N6/c1-2-10-28-25(9-1)16-19-35-38(28)46-37(40(44-35)34-12-4-7-21-43-34)27-15-18-30-32(24-27)31-23-26(33-11-3-6-20-42-33)14-17-29(31)39-41(30)47-22-8-5-13-36(47)45-39/h1-24H. The number of nitrogens with zero attached hydrogens (tertiary/aromatic N) is 6. The number of hydrogen-bond acceptors (Lipinski definition) is 5. The lowest BCUT2D eigenvalue weighted by Crippen LogP contribution is -1.98. The Hall–Kier alpha value is -6.53. The maximum atomic E-state index is 5.37. The van der Waals surface area contributed by atoms with Crippen molar-refractivity contribution in [3.63, 3.8) is 0 Å². The molecule has 0 saturated heterocycles. The number of benzene rings is 5. The van der Waals surface area contributed by atoms with Gasteiger partial charge >= 0.3 is 0 Å². The maximum Gasteiger partial charge on any atom is 0.137 e. The van der Waals surface area contributed by atoms with E-state index in [2.05, 4.69) is 101 Å². The number of imidazole rings is 1. The summed E-state index contributed by atoms with van der Waals surface area (Å²) in [7, 11) is 0. The summed E-state index contributed by atoms with van der Waals surface area (Å²) in [5.74, 6) is 0. The first kappa shape index (κ1) is 25.8. The summed E-state index contributed by atoms with van der Waals surface area (Å²) in [5, 5.41) is 6.64. The molecule has 0 saturated carbocycles. The molecule has 0 bridgehead atoms. The van der Waals surface area contributed by atoms with Crippen LogP contribution >= 0.6 is 0 Å². The monoisotopic (exact) mass is 600 g/mol. The molecule has 0 radical (unpaired) electrons. The first-order valence-electron chi connectivity index (χ1n) is 15.6. The van der Waals surface area contributed by atoms with E-state index >= 15 is 0 Å². The SMILES string of the molecule is c1ccc(-c2ccc3c(c2)c2cc(-c4nc5c(ccc6ccccc65)nc4-c4ccccn4)ccc2c2c3nc3ccccn32)nc1. The van der Waals surface area contributed by atoms with Crippen LogP contribution < -0.4 is 0 Å². The molecule has 5 aromatic heterocycles.